The smallest absolute Gasteiger partial charge is 0.165 e. The fourth-order valence-electron chi connectivity index (χ4n) is 1.98. The lowest BCUT2D eigenvalue weighted by molar-refractivity contribution is 0.275. The van der Waals surface area contributed by atoms with E-state index in [-0.39, 0.29) is 17.3 Å². The number of halogens is 1. The van der Waals surface area contributed by atoms with Gasteiger partial charge in [0.1, 0.15) is 0 Å². The van der Waals surface area contributed by atoms with Crippen molar-refractivity contribution >= 4 is 0 Å². The second kappa shape index (κ2) is 5.50. The summed E-state index contributed by atoms with van der Waals surface area (Å²) in [6.07, 6.45) is 0. The van der Waals surface area contributed by atoms with Crippen LogP contribution in [-0.2, 0) is 0 Å². The summed E-state index contributed by atoms with van der Waals surface area (Å²) in [5.74, 6) is -0.0185. The monoisotopic (exact) mass is 239 g/mol. The van der Waals surface area contributed by atoms with Crippen LogP contribution in [-0.4, -0.2) is 13.7 Å². The molecule has 2 nitrogen and oxygen atoms in total. The van der Waals surface area contributed by atoms with Crippen LogP contribution in [0.15, 0.2) is 18.2 Å². The third kappa shape index (κ3) is 3.43. The van der Waals surface area contributed by atoms with Gasteiger partial charge in [0.15, 0.2) is 11.6 Å². The SMILES string of the molecule is CCNC(c1ccc(F)c(OC)c1)C(C)(C)C. The summed E-state index contributed by atoms with van der Waals surface area (Å²) in [6.45, 7) is 9.43. The molecule has 0 aliphatic carbocycles. The molecule has 17 heavy (non-hydrogen) atoms. The van der Waals surface area contributed by atoms with Crippen molar-refractivity contribution in [1.29, 1.82) is 0 Å². The molecule has 0 aromatic heterocycles. The molecule has 1 N–H and O–H groups in total. The highest BCUT2D eigenvalue weighted by Gasteiger charge is 2.26. The van der Waals surface area contributed by atoms with Gasteiger partial charge in [-0.3, -0.25) is 0 Å². The first-order chi connectivity index (χ1) is 7.90. The van der Waals surface area contributed by atoms with Crippen molar-refractivity contribution in [3.05, 3.63) is 29.6 Å². The number of benzene rings is 1. The Kier molecular flexibility index (Phi) is 4.52. The summed E-state index contributed by atoms with van der Waals surface area (Å²) >= 11 is 0. The van der Waals surface area contributed by atoms with Gasteiger partial charge in [0.05, 0.1) is 7.11 Å². The molecule has 1 atom stereocenters. The van der Waals surface area contributed by atoms with Crippen molar-refractivity contribution in [3.63, 3.8) is 0 Å². The van der Waals surface area contributed by atoms with Crippen molar-refractivity contribution in [1.82, 2.24) is 5.32 Å². The molecule has 0 saturated carbocycles. The summed E-state index contributed by atoms with van der Waals surface area (Å²) in [4.78, 5) is 0. The highest BCUT2D eigenvalue weighted by molar-refractivity contribution is 5.33. The molecule has 1 unspecified atom stereocenters. The minimum absolute atomic E-state index is 0.0683. The van der Waals surface area contributed by atoms with Gasteiger partial charge in [0.25, 0.3) is 0 Å². The predicted octanol–water partition coefficient (Wildman–Crippen LogP) is 3.53. The van der Waals surface area contributed by atoms with Crippen molar-refractivity contribution in [2.75, 3.05) is 13.7 Å². The van der Waals surface area contributed by atoms with Crippen molar-refractivity contribution in [2.45, 2.75) is 33.7 Å². The van der Waals surface area contributed by atoms with Crippen LogP contribution >= 0.6 is 0 Å². The maximum absolute atomic E-state index is 13.4. The Balaban J connectivity index is 3.10. The Labute approximate surface area is 103 Å². The lowest BCUT2D eigenvalue weighted by Crippen LogP contribution is -2.32. The maximum Gasteiger partial charge on any atom is 0.165 e. The van der Waals surface area contributed by atoms with Gasteiger partial charge in [-0.2, -0.15) is 0 Å². The third-order valence-electron chi connectivity index (χ3n) is 2.78. The van der Waals surface area contributed by atoms with E-state index in [9.17, 15) is 4.39 Å². The van der Waals surface area contributed by atoms with Crippen LogP contribution in [0, 0.1) is 11.2 Å². The average Bonchev–Trinajstić information content (AvgIpc) is 2.25. The number of methoxy groups -OCH3 is 1. The summed E-state index contributed by atoms with van der Waals surface area (Å²) in [5.41, 5.74) is 1.12. The van der Waals surface area contributed by atoms with E-state index < -0.39 is 0 Å². The molecule has 3 heteroatoms. The first-order valence-corrected chi connectivity index (χ1v) is 5.97. The quantitative estimate of drug-likeness (QED) is 0.868. The van der Waals surface area contributed by atoms with E-state index in [1.54, 1.807) is 6.07 Å². The first kappa shape index (κ1) is 14.0. The number of ether oxygens (including phenoxy) is 1. The Morgan fingerprint density at radius 2 is 2.00 bits per heavy atom. The van der Waals surface area contributed by atoms with Gasteiger partial charge >= 0.3 is 0 Å². The van der Waals surface area contributed by atoms with Crippen LogP contribution < -0.4 is 10.1 Å². The summed E-state index contributed by atoms with van der Waals surface area (Å²) in [7, 11) is 1.49. The normalized spacial score (nSPS) is 13.5. The first-order valence-electron chi connectivity index (χ1n) is 5.97. The minimum Gasteiger partial charge on any atom is -0.494 e. The standard InChI is InChI=1S/C14H22FNO/c1-6-16-13(14(2,3)4)10-7-8-11(15)12(9-10)17-5/h7-9,13,16H,6H2,1-5H3. The van der Waals surface area contributed by atoms with E-state index in [0.29, 0.717) is 5.75 Å². The summed E-state index contributed by atoms with van der Waals surface area (Å²) < 4.78 is 18.4. The summed E-state index contributed by atoms with van der Waals surface area (Å²) in [6, 6.07) is 5.23. The number of hydrogen-bond donors (Lipinski definition) is 1. The molecule has 0 bridgehead atoms. The molecule has 1 rings (SSSR count). The fourth-order valence-corrected chi connectivity index (χ4v) is 1.98. The molecular weight excluding hydrogens is 217 g/mol. The zero-order valence-corrected chi connectivity index (χ0v) is 11.3. The number of rotatable bonds is 4. The van der Waals surface area contributed by atoms with Crippen molar-refractivity contribution < 1.29 is 9.13 Å². The molecule has 1 aromatic rings. The molecule has 0 saturated heterocycles. The van der Waals surface area contributed by atoms with Crippen LogP contribution in [0.25, 0.3) is 0 Å². The van der Waals surface area contributed by atoms with E-state index in [4.69, 9.17) is 4.74 Å². The summed E-state index contributed by atoms with van der Waals surface area (Å²) in [5, 5.41) is 3.43. The molecule has 0 spiro atoms. The zero-order valence-electron chi connectivity index (χ0n) is 11.3. The average molecular weight is 239 g/mol. The van der Waals surface area contributed by atoms with Crippen LogP contribution in [0.5, 0.6) is 5.75 Å². The zero-order chi connectivity index (χ0) is 13.1. The van der Waals surface area contributed by atoms with Crippen LogP contribution in [0.1, 0.15) is 39.3 Å². The molecule has 0 fully saturated rings. The van der Waals surface area contributed by atoms with Gasteiger partial charge in [-0.05, 0) is 29.7 Å². The van der Waals surface area contributed by atoms with Gasteiger partial charge in [0.2, 0.25) is 0 Å². The highest BCUT2D eigenvalue weighted by Crippen LogP contribution is 2.34. The second-order valence-electron chi connectivity index (χ2n) is 5.25. The third-order valence-corrected chi connectivity index (χ3v) is 2.78. The van der Waals surface area contributed by atoms with Gasteiger partial charge in [-0.1, -0.05) is 33.8 Å². The Hall–Kier alpha value is -1.09. The maximum atomic E-state index is 13.4. The molecule has 0 amide bonds. The van der Waals surface area contributed by atoms with Crippen LogP contribution in [0.4, 0.5) is 4.39 Å². The van der Waals surface area contributed by atoms with E-state index in [2.05, 4.69) is 33.0 Å². The minimum atomic E-state index is -0.319. The lowest BCUT2D eigenvalue weighted by Gasteiger charge is -2.32. The van der Waals surface area contributed by atoms with Crippen molar-refractivity contribution in [3.8, 4) is 5.75 Å². The topological polar surface area (TPSA) is 21.3 Å². The molecule has 0 heterocycles. The molecular formula is C14H22FNO. The van der Waals surface area contributed by atoms with E-state index in [1.807, 2.05) is 6.07 Å². The highest BCUT2D eigenvalue weighted by atomic mass is 19.1. The molecule has 0 radical (unpaired) electrons. The molecule has 0 aliphatic heterocycles. The fraction of sp³-hybridized carbons (Fsp3) is 0.571. The molecule has 0 aliphatic rings. The van der Waals surface area contributed by atoms with Gasteiger partial charge < -0.3 is 10.1 Å². The predicted molar refractivity (Wildman–Crippen MR) is 68.8 cm³/mol. The number of hydrogen-bond acceptors (Lipinski definition) is 2. The number of nitrogens with one attached hydrogen (secondary N) is 1. The van der Waals surface area contributed by atoms with E-state index in [0.717, 1.165) is 12.1 Å². The van der Waals surface area contributed by atoms with Crippen molar-refractivity contribution in [2.24, 2.45) is 5.41 Å². The molecule has 1 aromatic carbocycles. The Morgan fingerprint density at radius 3 is 2.47 bits per heavy atom. The van der Waals surface area contributed by atoms with Gasteiger partial charge in [-0.25, -0.2) is 4.39 Å². The lowest BCUT2D eigenvalue weighted by atomic mass is 9.82. The van der Waals surface area contributed by atoms with E-state index in [1.165, 1.54) is 13.2 Å². The van der Waals surface area contributed by atoms with Gasteiger partial charge in [0, 0.05) is 6.04 Å². The van der Waals surface area contributed by atoms with Gasteiger partial charge in [-0.15, -0.1) is 0 Å². The molecule has 96 valence electrons. The second-order valence-corrected chi connectivity index (χ2v) is 5.25. The largest absolute Gasteiger partial charge is 0.494 e. The Morgan fingerprint density at radius 1 is 1.35 bits per heavy atom. The Bertz CT molecular complexity index is 371. The van der Waals surface area contributed by atoms with E-state index >= 15 is 0 Å². The van der Waals surface area contributed by atoms with Crippen LogP contribution in [0.3, 0.4) is 0 Å². The van der Waals surface area contributed by atoms with Crippen LogP contribution in [0.2, 0.25) is 0 Å².